The van der Waals surface area contributed by atoms with E-state index in [2.05, 4.69) is 13.8 Å². The van der Waals surface area contributed by atoms with Crippen molar-refractivity contribution >= 4 is 68.5 Å². The Hall–Kier alpha value is -0.580. The lowest BCUT2D eigenvalue weighted by molar-refractivity contribution is -0.153. The van der Waals surface area contributed by atoms with E-state index < -0.39 is 4.75 Å². The van der Waals surface area contributed by atoms with E-state index in [4.69, 9.17) is 33.9 Å². The Morgan fingerprint density at radius 1 is 0.938 bits per heavy atom. The van der Waals surface area contributed by atoms with Crippen molar-refractivity contribution in [2.75, 3.05) is 47.2 Å². The molecule has 0 aromatic rings. The van der Waals surface area contributed by atoms with E-state index in [9.17, 15) is 9.59 Å². The first-order chi connectivity index (χ1) is 14.7. The largest absolute Gasteiger partial charge is 0.465 e. The van der Waals surface area contributed by atoms with Gasteiger partial charge in [0.05, 0.1) is 12.5 Å². The predicted molar refractivity (Wildman–Crippen MR) is 145 cm³/mol. The first-order valence-corrected chi connectivity index (χ1v) is 13.4. The first kappa shape index (κ1) is 31.4. The molecule has 10 heteroatoms. The number of hydrogen-bond acceptors (Lipinski definition) is 8. The Morgan fingerprint density at radius 3 is 1.97 bits per heavy atom. The minimum Gasteiger partial charge on any atom is -0.465 e. The maximum atomic E-state index is 13.0. The molecule has 186 valence electrons. The van der Waals surface area contributed by atoms with Crippen molar-refractivity contribution in [1.29, 1.82) is 0 Å². The summed E-state index contributed by atoms with van der Waals surface area (Å²) >= 11 is 13.4. The number of hydrogen-bond donors (Lipinski definition) is 0. The van der Waals surface area contributed by atoms with Gasteiger partial charge in [-0.3, -0.25) is 9.59 Å². The number of carbonyl (C=O) groups excluding carboxylic acids is 2. The summed E-state index contributed by atoms with van der Waals surface area (Å²) in [5, 5.41) is 0. The Bertz CT molecular complexity index is 641. The van der Waals surface area contributed by atoms with Gasteiger partial charge in [0, 0.05) is 40.4 Å². The Labute approximate surface area is 213 Å². The normalized spacial score (nSPS) is 14.0. The average Bonchev–Trinajstić information content (AvgIpc) is 2.68. The summed E-state index contributed by atoms with van der Waals surface area (Å²) in [4.78, 5) is 29.2. The molecule has 0 aromatic carbocycles. The van der Waals surface area contributed by atoms with Crippen LogP contribution in [0.4, 0.5) is 0 Å². The number of thioether (sulfide) groups is 2. The van der Waals surface area contributed by atoms with Gasteiger partial charge in [-0.05, 0) is 25.2 Å². The number of rotatable bonds is 12. The van der Waals surface area contributed by atoms with Crippen LogP contribution in [-0.2, 0) is 19.1 Å². The smallest absolute Gasteiger partial charge is 0.322 e. The lowest BCUT2D eigenvalue weighted by Gasteiger charge is -2.29. The highest BCUT2D eigenvalue weighted by atomic mass is 32.2. The van der Waals surface area contributed by atoms with Crippen LogP contribution in [0.2, 0.25) is 0 Å². The Morgan fingerprint density at radius 2 is 1.50 bits per heavy atom. The van der Waals surface area contributed by atoms with Crippen LogP contribution in [0, 0.1) is 17.8 Å². The predicted octanol–water partition coefficient (Wildman–Crippen LogP) is 4.70. The molecule has 0 rings (SSSR count). The quantitative estimate of drug-likeness (QED) is 0.204. The van der Waals surface area contributed by atoms with E-state index in [1.165, 1.54) is 23.5 Å². The molecule has 0 aliphatic carbocycles. The van der Waals surface area contributed by atoms with Gasteiger partial charge in [-0.25, -0.2) is 0 Å². The van der Waals surface area contributed by atoms with Crippen LogP contribution in [0.25, 0.3) is 0 Å². The molecule has 0 heterocycles. The molecule has 0 aliphatic heterocycles. The van der Waals surface area contributed by atoms with Gasteiger partial charge >= 0.3 is 11.9 Å². The van der Waals surface area contributed by atoms with Crippen LogP contribution >= 0.6 is 48.0 Å². The van der Waals surface area contributed by atoms with E-state index in [1.54, 1.807) is 11.8 Å². The number of esters is 2. The highest BCUT2D eigenvalue weighted by molar-refractivity contribution is 8.24. The van der Waals surface area contributed by atoms with E-state index in [0.717, 1.165) is 10.7 Å². The molecule has 0 aromatic heterocycles. The van der Waals surface area contributed by atoms with Crippen molar-refractivity contribution in [1.82, 2.24) is 9.80 Å². The lowest BCUT2D eigenvalue weighted by Crippen LogP contribution is -2.39. The number of carbonyl (C=O) groups is 2. The van der Waals surface area contributed by atoms with E-state index in [1.807, 2.05) is 46.9 Å². The molecular formula is C22H40N2O4S4. The Balaban J connectivity index is 5.04. The fraction of sp³-hybridized carbons (Fsp3) is 0.818. The maximum Gasteiger partial charge on any atom is 0.322 e. The summed E-state index contributed by atoms with van der Waals surface area (Å²) in [7, 11) is 7.42. The highest BCUT2D eigenvalue weighted by Gasteiger charge is 2.38. The van der Waals surface area contributed by atoms with Crippen LogP contribution in [-0.4, -0.2) is 82.3 Å². The van der Waals surface area contributed by atoms with Crippen molar-refractivity contribution in [2.45, 2.75) is 52.2 Å². The minimum atomic E-state index is -0.959. The van der Waals surface area contributed by atoms with Crippen LogP contribution in [0.1, 0.15) is 47.5 Å². The number of thiocarbonyl (C=S) groups is 2. The van der Waals surface area contributed by atoms with E-state index in [0.29, 0.717) is 22.4 Å². The van der Waals surface area contributed by atoms with Crippen molar-refractivity contribution in [3.05, 3.63) is 0 Å². The second-order valence-electron chi connectivity index (χ2n) is 9.04. The molecule has 0 saturated carbocycles. The summed E-state index contributed by atoms with van der Waals surface area (Å²) < 4.78 is 11.5. The van der Waals surface area contributed by atoms with Crippen LogP contribution in [0.5, 0.6) is 0 Å². The third-order valence-electron chi connectivity index (χ3n) is 4.67. The van der Waals surface area contributed by atoms with Crippen molar-refractivity contribution in [3.8, 4) is 0 Å². The second-order valence-corrected chi connectivity index (χ2v) is 12.9. The molecule has 6 nitrogen and oxygen atoms in total. The van der Waals surface area contributed by atoms with E-state index in [-0.39, 0.29) is 37.0 Å². The van der Waals surface area contributed by atoms with Crippen LogP contribution in [0.3, 0.4) is 0 Å². The zero-order valence-corrected chi connectivity index (χ0v) is 24.2. The summed E-state index contributed by atoms with van der Waals surface area (Å²) in [6.45, 7) is 10.4. The molecule has 32 heavy (non-hydrogen) atoms. The molecule has 0 bridgehead atoms. The number of ether oxygens (including phenoxy) is 2. The number of nitrogens with zero attached hydrogens (tertiary/aromatic N) is 2. The van der Waals surface area contributed by atoms with Crippen LogP contribution in [0.15, 0.2) is 0 Å². The minimum absolute atomic E-state index is 0.133. The summed E-state index contributed by atoms with van der Waals surface area (Å²) in [5.41, 5.74) is 0. The molecule has 0 saturated heterocycles. The maximum absolute atomic E-state index is 13.0. The van der Waals surface area contributed by atoms with Gasteiger partial charge in [0.2, 0.25) is 0 Å². The van der Waals surface area contributed by atoms with Crippen molar-refractivity contribution in [2.24, 2.45) is 17.8 Å². The molecule has 0 radical (unpaired) electrons. The van der Waals surface area contributed by atoms with E-state index >= 15 is 0 Å². The SMILES string of the molecule is CC(C)CC(C(=O)OCCC(C)(SC(=S)N(C)C)C(=O)OCCSC(=S)N(C)C)C(C)C. The zero-order valence-electron chi connectivity index (χ0n) is 20.9. The fourth-order valence-electron chi connectivity index (χ4n) is 2.63. The summed E-state index contributed by atoms with van der Waals surface area (Å²) in [5.74, 6) is 0.437. The van der Waals surface area contributed by atoms with Gasteiger partial charge in [-0.1, -0.05) is 75.7 Å². The van der Waals surface area contributed by atoms with Crippen LogP contribution < -0.4 is 0 Å². The molecule has 0 N–H and O–H groups in total. The second kappa shape index (κ2) is 15.3. The highest BCUT2D eigenvalue weighted by Crippen LogP contribution is 2.33. The Kier molecular flexibility index (Phi) is 15.1. The van der Waals surface area contributed by atoms with Gasteiger partial charge in [-0.2, -0.15) is 0 Å². The third-order valence-corrected chi connectivity index (χ3v) is 8.35. The zero-order chi connectivity index (χ0) is 25.1. The topological polar surface area (TPSA) is 59.1 Å². The molecule has 2 unspecified atom stereocenters. The van der Waals surface area contributed by atoms with Gasteiger partial charge < -0.3 is 19.3 Å². The van der Waals surface area contributed by atoms with Gasteiger partial charge in [0.25, 0.3) is 0 Å². The van der Waals surface area contributed by atoms with Crippen molar-refractivity contribution < 1.29 is 19.1 Å². The van der Waals surface area contributed by atoms with Gasteiger partial charge in [-0.15, -0.1) is 0 Å². The standard InChI is InChI=1S/C22H40N2O4S4/c1-15(2)14-17(16(3)4)18(25)27-11-10-22(5,32-21(30)24(8)9)19(26)28-12-13-31-20(29)23(6)7/h15-17H,10-14H2,1-9H3. The molecule has 0 fully saturated rings. The first-order valence-electron chi connectivity index (χ1n) is 10.8. The summed E-state index contributed by atoms with van der Waals surface area (Å²) in [6, 6.07) is 0. The average molecular weight is 525 g/mol. The van der Waals surface area contributed by atoms with Gasteiger partial charge in [0.15, 0.2) is 0 Å². The molecular weight excluding hydrogens is 485 g/mol. The van der Waals surface area contributed by atoms with Gasteiger partial charge in [0.1, 0.15) is 20.0 Å². The molecule has 0 aliphatic rings. The molecule has 2 atom stereocenters. The summed E-state index contributed by atoms with van der Waals surface area (Å²) in [6.07, 6.45) is 1.09. The fourth-order valence-corrected chi connectivity index (χ4v) is 4.92. The monoisotopic (exact) mass is 524 g/mol. The van der Waals surface area contributed by atoms with Crippen molar-refractivity contribution in [3.63, 3.8) is 0 Å². The lowest BCUT2D eigenvalue weighted by atomic mass is 9.88. The molecule has 0 spiro atoms. The third kappa shape index (κ3) is 12.0. The molecule has 0 amide bonds.